The smallest absolute Gasteiger partial charge is 0.424 e. The summed E-state index contributed by atoms with van der Waals surface area (Å²) in [6.07, 6.45) is -1.10. The van der Waals surface area contributed by atoms with E-state index in [4.69, 9.17) is 4.74 Å². The van der Waals surface area contributed by atoms with Gasteiger partial charge in [0.15, 0.2) is 0 Å². The Morgan fingerprint density at radius 1 is 1.00 bits per heavy atom. The molecule has 4 rings (SSSR count). The zero-order chi connectivity index (χ0) is 25.9. The molecule has 3 aromatic carbocycles. The van der Waals surface area contributed by atoms with E-state index in [2.05, 4.69) is 40.0 Å². The van der Waals surface area contributed by atoms with Crippen LogP contribution in [0.5, 0.6) is 0 Å². The first kappa shape index (κ1) is 25.7. The maximum absolute atomic E-state index is 13.1. The minimum atomic E-state index is -4.51. The molecule has 0 aliphatic heterocycles. The first-order valence-electron chi connectivity index (χ1n) is 11.5. The predicted molar refractivity (Wildman–Crippen MR) is 136 cm³/mol. The minimum absolute atomic E-state index is 0.0283. The lowest BCUT2D eigenvalue weighted by molar-refractivity contribution is -0.137. The minimum Gasteiger partial charge on any atom is -0.465 e. The van der Waals surface area contributed by atoms with Crippen molar-refractivity contribution in [1.29, 1.82) is 0 Å². The van der Waals surface area contributed by atoms with Gasteiger partial charge in [-0.3, -0.25) is 4.98 Å². The van der Waals surface area contributed by atoms with Crippen molar-refractivity contribution in [3.05, 3.63) is 111 Å². The van der Waals surface area contributed by atoms with Gasteiger partial charge in [0.1, 0.15) is 5.56 Å². The van der Waals surface area contributed by atoms with Gasteiger partial charge in [-0.25, -0.2) is 4.79 Å². The van der Waals surface area contributed by atoms with Crippen LogP contribution in [0.1, 0.15) is 64.2 Å². The van der Waals surface area contributed by atoms with Gasteiger partial charge in [0.2, 0.25) is 0 Å². The van der Waals surface area contributed by atoms with Crippen LogP contribution in [0.4, 0.5) is 13.2 Å². The number of hydrogen-bond acceptors (Lipinski definition) is 3. The van der Waals surface area contributed by atoms with E-state index < -0.39 is 17.7 Å². The van der Waals surface area contributed by atoms with Crippen LogP contribution in [0.25, 0.3) is 10.9 Å². The van der Waals surface area contributed by atoms with Crippen molar-refractivity contribution < 1.29 is 22.7 Å². The lowest BCUT2D eigenvalue weighted by Crippen LogP contribution is -2.14. The number of alkyl halides is 3. The van der Waals surface area contributed by atoms with Crippen molar-refractivity contribution in [3.63, 3.8) is 0 Å². The molecule has 36 heavy (non-hydrogen) atoms. The monoisotopic (exact) mass is 553 g/mol. The molecule has 7 heteroatoms. The largest absolute Gasteiger partial charge is 0.465 e. The average Bonchev–Trinajstić information content (AvgIpc) is 2.88. The Hall–Kier alpha value is -3.37. The summed E-state index contributed by atoms with van der Waals surface area (Å²) in [6.45, 7) is 2.11. The molecule has 1 unspecified atom stereocenters. The molecule has 1 aromatic heterocycles. The fourth-order valence-electron chi connectivity index (χ4n) is 4.49. The Morgan fingerprint density at radius 2 is 1.67 bits per heavy atom. The number of halogens is 4. The Labute approximate surface area is 216 Å². The number of carbonyl (C=O) groups is 1. The second kappa shape index (κ2) is 10.7. The molecule has 184 valence electrons. The topological polar surface area (TPSA) is 39.2 Å². The molecule has 0 amide bonds. The zero-order valence-electron chi connectivity index (χ0n) is 19.7. The Morgan fingerprint density at radius 3 is 2.28 bits per heavy atom. The van der Waals surface area contributed by atoms with Crippen LogP contribution >= 0.6 is 15.9 Å². The van der Waals surface area contributed by atoms with Crippen LogP contribution < -0.4 is 0 Å². The van der Waals surface area contributed by atoms with Crippen LogP contribution in [-0.4, -0.2) is 18.1 Å². The molecule has 0 bridgehead atoms. The van der Waals surface area contributed by atoms with Crippen molar-refractivity contribution in [2.24, 2.45) is 0 Å². The third-order valence-corrected chi connectivity index (χ3v) is 6.74. The normalized spacial score (nSPS) is 13.2. The third-order valence-electron chi connectivity index (χ3n) is 6.21. The number of nitrogens with zero attached hydrogens (tertiary/aromatic N) is 1. The second-order valence-electron chi connectivity index (χ2n) is 8.55. The zero-order valence-corrected chi connectivity index (χ0v) is 21.3. The predicted octanol–water partition coefficient (Wildman–Crippen LogP) is 8.12. The van der Waals surface area contributed by atoms with E-state index in [0.29, 0.717) is 10.9 Å². The highest BCUT2D eigenvalue weighted by Gasteiger charge is 2.31. The summed E-state index contributed by atoms with van der Waals surface area (Å²) in [6, 6.07) is 23.1. The summed E-state index contributed by atoms with van der Waals surface area (Å²) in [5, 5.41) is 0.471. The number of pyridine rings is 1. The van der Waals surface area contributed by atoms with E-state index in [1.54, 1.807) is 18.3 Å². The van der Waals surface area contributed by atoms with E-state index in [1.807, 2.05) is 42.5 Å². The SMILES string of the molecule is CCC[C@H](c1ccc(C(=O)OC)cc1)C(c1ccc(Br)cc1)c1cnc2cc(C(F)(F)F)c#cc2c1. The summed E-state index contributed by atoms with van der Waals surface area (Å²) in [5.74, 6) is -0.503. The quantitative estimate of drug-likeness (QED) is 0.217. The molecule has 0 saturated heterocycles. The molecule has 1 heterocycles. The van der Waals surface area contributed by atoms with E-state index in [9.17, 15) is 18.0 Å². The lowest BCUT2D eigenvalue weighted by Gasteiger charge is -2.29. The number of methoxy groups -OCH3 is 1. The standard InChI is InChI=1S/C29H23BrF3NO2/c1-3-4-25(18-5-7-20(8-6-18)28(35)36-2)27(19-10-13-24(30)14-11-19)22-15-21-9-12-23(29(31,32)33)16-26(21)34-17-22/h5-8,10-11,13-17,25,27H,3-4H2,1-2H3/t25-,27?/m1/s1. The Bertz CT molecular complexity index is 1350. The van der Waals surface area contributed by atoms with Crippen LogP contribution in [0.3, 0.4) is 0 Å². The molecule has 0 saturated carbocycles. The van der Waals surface area contributed by atoms with E-state index in [0.717, 1.165) is 40.1 Å². The number of ether oxygens (including phenoxy) is 1. The maximum atomic E-state index is 13.1. The molecule has 2 atom stereocenters. The lowest BCUT2D eigenvalue weighted by atomic mass is 9.75. The van der Waals surface area contributed by atoms with Gasteiger partial charge in [0.05, 0.1) is 23.6 Å². The van der Waals surface area contributed by atoms with Crippen LogP contribution in [0.15, 0.2) is 71.3 Å². The highest BCUT2D eigenvalue weighted by molar-refractivity contribution is 9.10. The van der Waals surface area contributed by atoms with Crippen LogP contribution in [-0.2, 0) is 10.9 Å². The van der Waals surface area contributed by atoms with Gasteiger partial charge in [-0.1, -0.05) is 65.7 Å². The molecular weight excluding hydrogens is 531 g/mol. The van der Waals surface area contributed by atoms with E-state index in [1.165, 1.54) is 7.11 Å². The molecule has 0 radical (unpaired) electrons. The molecular formula is C29H23BrF3NO2. The van der Waals surface area contributed by atoms with E-state index >= 15 is 0 Å². The molecule has 0 aliphatic rings. The average molecular weight is 554 g/mol. The maximum Gasteiger partial charge on any atom is 0.424 e. The fraction of sp³-hybridized carbons (Fsp3) is 0.241. The second-order valence-corrected chi connectivity index (χ2v) is 9.46. The first-order chi connectivity index (χ1) is 17.2. The molecule has 0 aliphatic carbocycles. The van der Waals surface area contributed by atoms with Gasteiger partial charge in [-0.2, -0.15) is 13.2 Å². The highest BCUT2D eigenvalue weighted by atomic mass is 79.9. The van der Waals surface area contributed by atoms with Crippen LogP contribution in [0.2, 0.25) is 0 Å². The van der Waals surface area contributed by atoms with Gasteiger partial charge < -0.3 is 4.74 Å². The molecule has 3 nitrogen and oxygen atoms in total. The number of fused-ring (bicyclic) bond motifs is 1. The molecule has 0 spiro atoms. The van der Waals surface area contributed by atoms with Crippen molar-refractivity contribution in [2.75, 3.05) is 7.11 Å². The van der Waals surface area contributed by atoms with Gasteiger partial charge in [-0.15, -0.1) is 0 Å². The number of rotatable bonds is 7. The Balaban J connectivity index is 1.83. The van der Waals surface area contributed by atoms with Gasteiger partial charge in [0.25, 0.3) is 0 Å². The van der Waals surface area contributed by atoms with Crippen molar-refractivity contribution in [2.45, 2.75) is 37.8 Å². The van der Waals surface area contributed by atoms with Gasteiger partial charge >= 0.3 is 12.1 Å². The van der Waals surface area contributed by atoms with Crippen molar-refractivity contribution in [3.8, 4) is 0 Å². The highest BCUT2D eigenvalue weighted by Crippen LogP contribution is 2.42. The number of carbonyl (C=O) groups excluding carboxylic acids is 1. The summed E-state index contributed by atoms with van der Waals surface area (Å²) in [4.78, 5) is 16.3. The van der Waals surface area contributed by atoms with Gasteiger partial charge in [-0.05, 0) is 65.4 Å². The summed E-state index contributed by atoms with van der Waals surface area (Å²) in [7, 11) is 1.35. The Kier molecular flexibility index (Phi) is 7.65. The number of benzene rings is 2. The molecule has 0 N–H and O–H groups in total. The first-order valence-corrected chi connectivity index (χ1v) is 12.2. The van der Waals surface area contributed by atoms with Crippen LogP contribution in [0, 0.1) is 12.1 Å². The summed E-state index contributed by atoms with van der Waals surface area (Å²) >= 11 is 3.49. The number of aromatic nitrogens is 1. The molecule has 4 aromatic rings. The van der Waals surface area contributed by atoms with Gasteiger partial charge in [0, 0.05) is 16.6 Å². The number of esters is 1. The summed E-state index contributed by atoms with van der Waals surface area (Å²) in [5.41, 5.74) is 2.74. The van der Waals surface area contributed by atoms with Crippen molar-refractivity contribution >= 4 is 32.8 Å². The van der Waals surface area contributed by atoms with E-state index in [-0.39, 0.29) is 17.4 Å². The molecule has 0 fully saturated rings. The fourth-order valence-corrected chi connectivity index (χ4v) is 4.75. The number of hydrogen-bond donors (Lipinski definition) is 0. The summed E-state index contributed by atoms with van der Waals surface area (Å²) < 4.78 is 45.2. The van der Waals surface area contributed by atoms with Crippen molar-refractivity contribution in [1.82, 2.24) is 4.98 Å². The third kappa shape index (κ3) is 5.55.